The van der Waals surface area contributed by atoms with E-state index in [-0.39, 0.29) is 0 Å². The molecule has 0 amide bonds. The summed E-state index contributed by atoms with van der Waals surface area (Å²) in [5.41, 5.74) is -2.01. The Kier molecular flexibility index (Phi) is 2.75. The first-order valence-corrected chi connectivity index (χ1v) is 4.67. The monoisotopic (exact) mass is 243 g/mol. The smallest absolute Gasteiger partial charge is 0.330 e. The molecule has 0 radical (unpaired) electrons. The third-order valence-electron chi connectivity index (χ3n) is 2.31. The van der Waals surface area contributed by atoms with Crippen LogP contribution in [0.4, 0.5) is 8.78 Å². The Morgan fingerprint density at radius 3 is 2.50 bits per heavy atom. The summed E-state index contributed by atoms with van der Waals surface area (Å²) in [5.74, 6) is 0. The van der Waals surface area contributed by atoms with Gasteiger partial charge in [0, 0.05) is 6.04 Å². The van der Waals surface area contributed by atoms with Crippen LogP contribution >= 0.6 is 15.9 Å². The summed E-state index contributed by atoms with van der Waals surface area (Å²) in [7, 11) is 0. The molecule has 1 rings (SSSR count). The quantitative estimate of drug-likeness (QED) is 0.721. The number of aliphatic hydroxyl groups is 1. The SMILES string of the molecule is CC(O)(C1CCCN1)C(F)(F)Br. The van der Waals surface area contributed by atoms with Crippen LogP contribution < -0.4 is 5.32 Å². The summed E-state index contributed by atoms with van der Waals surface area (Å²) in [4.78, 5) is -3.23. The molecule has 0 bridgehead atoms. The van der Waals surface area contributed by atoms with Crippen molar-refractivity contribution in [2.75, 3.05) is 6.54 Å². The minimum atomic E-state index is -3.23. The highest BCUT2D eigenvalue weighted by atomic mass is 79.9. The van der Waals surface area contributed by atoms with Crippen molar-refractivity contribution in [2.24, 2.45) is 0 Å². The van der Waals surface area contributed by atoms with Crippen LogP contribution in [0.5, 0.6) is 0 Å². The molecular formula is C7H12BrF2NO. The first-order chi connectivity index (χ1) is 5.36. The zero-order valence-electron chi connectivity index (χ0n) is 6.78. The fourth-order valence-electron chi connectivity index (χ4n) is 1.36. The summed E-state index contributed by atoms with van der Waals surface area (Å²) in [5, 5.41) is 12.3. The summed E-state index contributed by atoms with van der Waals surface area (Å²) >= 11 is 2.19. The van der Waals surface area contributed by atoms with Gasteiger partial charge in [0.1, 0.15) is 0 Å². The van der Waals surface area contributed by atoms with Crippen LogP contribution in [-0.2, 0) is 0 Å². The summed E-state index contributed by atoms with van der Waals surface area (Å²) in [6.07, 6.45) is 1.43. The van der Waals surface area contributed by atoms with E-state index in [4.69, 9.17) is 0 Å². The van der Waals surface area contributed by atoms with E-state index in [9.17, 15) is 13.9 Å². The average molecular weight is 244 g/mol. The highest BCUT2D eigenvalue weighted by molar-refractivity contribution is 9.10. The molecule has 1 saturated heterocycles. The zero-order valence-corrected chi connectivity index (χ0v) is 8.37. The van der Waals surface area contributed by atoms with Crippen molar-refractivity contribution in [3.8, 4) is 0 Å². The third kappa shape index (κ3) is 1.78. The van der Waals surface area contributed by atoms with Gasteiger partial charge in [-0.15, -0.1) is 0 Å². The van der Waals surface area contributed by atoms with Crippen LogP contribution in [0.1, 0.15) is 19.8 Å². The lowest BCUT2D eigenvalue weighted by atomic mass is 9.96. The molecule has 2 atom stereocenters. The molecule has 0 aromatic heterocycles. The maximum absolute atomic E-state index is 12.8. The Labute approximate surface area is 78.5 Å². The van der Waals surface area contributed by atoms with Crippen molar-refractivity contribution in [3.63, 3.8) is 0 Å². The molecule has 2 unspecified atom stereocenters. The number of rotatable bonds is 2. The van der Waals surface area contributed by atoms with Gasteiger partial charge in [0.25, 0.3) is 0 Å². The molecule has 2 nitrogen and oxygen atoms in total. The fraction of sp³-hybridized carbons (Fsp3) is 1.00. The van der Waals surface area contributed by atoms with Gasteiger partial charge in [-0.3, -0.25) is 0 Å². The van der Waals surface area contributed by atoms with E-state index in [0.717, 1.165) is 13.3 Å². The van der Waals surface area contributed by atoms with E-state index in [1.807, 2.05) is 0 Å². The second-order valence-electron chi connectivity index (χ2n) is 3.29. The Morgan fingerprint density at radius 1 is 1.58 bits per heavy atom. The maximum atomic E-state index is 12.8. The molecule has 12 heavy (non-hydrogen) atoms. The lowest BCUT2D eigenvalue weighted by Crippen LogP contribution is -2.54. The molecule has 1 aliphatic heterocycles. The number of hydrogen-bond acceptors (Lipinski definition) is 2. The van der Waals surface area contributed by atoms with E-state index >= 15 is 0 Å². The summed E-state index contributed by atoms with van der Waals surface area (Å²) < 4.78 is 25.6. The lowest BCUT2D eigenvalue weighted by Gasteiger charge is -2.33. The van der Waals surface area contributed by atoms with Gasteiger partial charge < -0.3 is 10.4 Å². The van der Waals surface area contributed by atoms with Gasteiger partial charge in [-0.25, -0.2) is 0 Å². The number of nitrogens with one attached hydrogen (secondary N) is 1. The van der Waals surface area contributed by atoms with Crippen molar-refractivity contribution in [2.45, 2.75) is 36.2 Å². The zero-order chi connectivity index (χ0) is 9.41. The molecular weight excluding hydrogens is 232 g/mol. The molecule has 1 heterocycles. The van der Waals surface area contributed by atoms with Gasteiger partial charge in [0.05, 0.1) is 0 Å². The molecule has 2 N–H and O–H groups in total. The van der Waals surface area contributed by atoms with Crippen LogP contribution in [0.3, 0.4) is 0 Å². The molecule has 5 heteroatoms. The summed E-state index contributed by atoms with van der Waals surface area (Å²) in [6.45, 7) is 1.84. The maximum Gasteiger partial charge on any atom is 0.330 e. The molecule has 1 fully saturated rings. The van der Waals surface area contributed by atoms with Gasteiger partial charge in [0.2, 0.25) is 0 Å². The van der Waals surface area contributed by atoms with Crippen LogP contribution in [0.25, 0.3) is 0 Å². The third-order valence-corrected chi connectivity index (χ3v) is 3.12. The van der Waals surface area contributed by atoms with Crippen LogP contribution in [0.15, 0.2) is 0 Å². The van der Waals surface area contributed by atoms with E-state index in [2.05, 4.69) is 21.2 Å². The van der Waals surface area contributed by atoms with Crippen molar-refractivity contribution in [3.05, 3.63) is 0 Å². The van der Waals surface area contributed by atoms with Gasteiger partial charge in [0.15, 0.2) is 5.60 Å². The van der Waals surface area contributed by atoms with Crippen molar-refractivity contribution < 1.29 is 13.9 Å². The second kappa shape index (κ2) is 3.20. The molecule has 0 spiro atoms. The van der Waals surface area contributed by atoms with E-state index in [1.165, 1.54) is 0 Å². The van der Waals surface area contributed by atoms with E-state index in [1.54, 1.807) is 0 Å². The predicted molar refractivity (Wildman–Crippen MR) is 45.5 cm³/mol. The van der Waals surface area contributed by atoms with E-state index < -0.39 is 16.5 Å². The highest BCUT2D eigenvalue weighted by Gasteiger charge is 2.52. The molecule has 0 saturated carbocycles. The Hall–Kier alpha value is 0.260. The fourth-order valence-corrected chi connectivity index (χ4v) is 1.64. The Bertz CT molecular complexity index is 163. The Balaban J connectivity index is 2.69. The molecule has 0 aliphatic carbocycles. The number of hydrogen-bond donors (Lipinski definition) is 2. The summed E-state index contributed by atoms with van der Waals surface area (Å²) in [6, 6.07) is -0.521. The van der Waals surface area contributed by atoms with Gasteiger partial charge >= 0.3 is 4.83 Å². The number of halogens is 3. The topological polar surface area (TPSA) is 32.3 Å². The van der Waals surface area contributed by atoms with Gasteiger partial charge in [-0.1, -0.05) is 0 Å². The van der Waals surface area contributed by atoms with E-state index in [0.29, 0.717) is 13.0 Å². The first-order valence-electron chi connectivity index (χ1n) is 3.88. The predicted octanol–water partition coefficient (Wildman–Crippen LogP) is 1.48. The minimum absolute atomic E-state index is 0.521. The molecule has 0 aromatic carbocycles. The van der Waals surface area contributed by atoms with Gasteiger partial charge in [-0.05, 0) is 42.2 Å². The van der Waals surface area contributed by atoms with Crippen LogP contribution in [-0.4, -0.2) is 28.1 Å². The van der Waals surface area contributed by atoms with Gasteiger partial charge in [-0.2, -0.15) is 8.78 Å². The van der Waals surface area contributed by atoms with Crippen molar-refractivity contribution in [1.29, 1.82) is 0 Å². The highest BCUT2D eigenvalue weighted by Crippen LogP contribution is 2.39. The van der Waals surface area contributed by atoms with Crippen molar-refractivity contribution in [1.82, 2.24) is 5.32 Å². The normalized spacial score (nSPS) is 30.2. The molecule has 72 valence electrons. The average Bonchev–Trinajstić information content (AvgIpc) is 2.34. The minimum Gasteiger partial charge on any atom is -0.381 e. The Morgan fingerprint density at radius 2 is 2.17 bits per heavy atom. The first kappa shape index (κ1) is 10.3. The second-order valence-corrected chi connectivity index (χ2v) is 4.29. The lowest BCUT2D eigenvalue weighted by molar-refractivity contribution is -0.120. The van der Waals surface area contributed by atoms with Crippen LogP contribution in [0.2, 0.25) is 0 Å². The largest absolute Gasteiger partial charge is 0.381 e. The molecule has 0 aromatic rings. The van der Waals surface area contributed by atoms with Crippen LogP contribution in [0, 0.1) is 0 Å². The number of alkyl halides is 3. The molecule has 1 aliphatic rings. The standard InChI is InChI=1S/C7H12BrF2NO/c1-6(12,7(8,9)10)5-3-2-4-11-5/h5,11-12H,2-4H2,1H3. The van der Waals surface area contributed by atoms with Crippen molar-refractivity contribution >= 4 is 15.9 Å².